The molecule has 1 amide bonds. The summed E-state index contributed by atoms with van der Waals surface area (Å²) in [5.41, 5.74) is 2.35. The Kier molecular flexibility index (Phi) is 6.46. The van der Waals surface area contributed by atoms with Crippen LogP contribution in [0.15, 0.2) is 48.5 Å². The standard InChI is InChI=1S/C18H21N3O2.ClH/c1-23-15-8-6-13(7-9-15)20-17-5-3-2-4-16(17)18(22)21-14-10-11-19-12-14;/h2-9,14,19-20H,10-12H2,1H3,(H,21,22);1H. The fourth-order valence-corrected chi connectivity index (χ4v) is 2.66. The molecule has 1 heterocycles. The van der Waals surface area contributed by atoms with Gasteiger partial charge < -0.3 is 20.7 Å². The van der Waals surface area contributed by atoms with Crippen molar-refractivity contribution in [3.8, 4) is 5.75 Å². The number of halogens is 1. The van der Waals surface area contributed by atoms with Gasteiger partial charge in [0.1, 0.15) is 5.75 Å². The Morgan fingerprint density at radius 1 is 1.17 bits per heavy atom. The highest BCUT2D eigenvalue weighted by Gasteiger charge is 2.19. The highest BCUT2D eigenvalue weighted by molar-refractivity contribution is 6.00. The van der Waals surface area contributed by atoms with Crippen LogP contribution in [0.4, 0.5) is 11.4 Å². The number of ether oxygens (including phenoxy) is 1. The van der Waals surface area contributed by atoms with Crippen LogP contribution >= 0.6 is 12.4 Å². The van der Waals surface area contributed by atoms with Crippen LogP contribution in [0.1, 0.15) is 16.8 Å². The van der Waals surface area contributed by atoms with E-state index in [2.05, 4.69) is 16.0 Å². The molecule has 6 heteroatoms. The molecular weight excluding hydrogens is 326 g/mol. The Morgan fingerprint density at radius 3 is 2.58 bits per heavy atom. The number of anilines is 2. The number of carbonyl (C=O) groups excluding carboxylic acids is 1. The molecule has 0 spiro atoms. The van der Waals surface area contributed by atoms with Crippen molar-refractivity contribution >= 4 is 29.7 Å². The topological polar surface area (TPSA) is 62.4 Å². The first-order valence-corrected chi connectivity index (χ1v) is 7.78. The molecule has 5 nitrogen and oxygen atoms in total. The van der Waals surface area contributed by atoms with Crippen LogP contribution in [0, 0.1) is 0 Å². The summed E-state index contributed by atoms with van der Waals surface area (Å²) in [5.74, 6) is 0.755. The van der Waals surface area contributed by atoms with Crippen molar-refractivity contribution in [1.82, 2.24) is 10.6 Å². The summed E-state index contributed by atoms with van der Waals surface area (Å²) in [6.07, 6.45) is 0.972. The maximum Gasteiger partial charge on any atom is 0.253 e. The predicted molar refractivity (Wildman–Crippen MR) is 98.7 cm³/mol. The lowest BCUT2D eigenvalue weighted by atomic mass is 10.1. The zero-order valence-corrected chi connectivity index (χ0v) is 14.4. The first kappa shape index (κ1) is 18.1. The molecule has 0 bridgehead atoms. The van der Waals surface area contributed by atoms with Crippen molar-refractivity contribution in [3.05, 3.63) is 54.1 Å². The number of benzene rings is 2. The Morgan fingerprint density at radius 2 is 1.92 bits per heavy atom. The molecule has 1 unspecified atom stereocenters. The average Bonchev–Trinajstić information content (AvgIpc) is 3.09. The van der Waals surface area contributed by atoms with Gasteiger partial charge in [0, 0.05) is 18.3 Å². The molecule has 1 aliphatic heterocycles. The molecule has 2 aromatic carbocycles. The third-order valence-electron chi connectivity index (χ3n) is 3.94. The van der Waals surface area contributed by atoms with E-state index in [9.17, 15) is 4.79 Å². The predicted octanol–water partition coefficient (Wildman–Crippen LogP) is 2.95. The molecule has 0 aliphatic carbocycles. The van der Waals surface area contributed by atoms with E-state index >= 15 is 0 Å². The van der Waals surface area contributed by atoms with Gasteiger partial charge in [-0.25, -0.2) is 0 Å². The number of para-hydroxylation sites is 1. The van der Waals surface area contributed by atoms with Crippen LogP contribution in [0.2, 0.25) is 0 Å². The van der Waals surface area contributed by atoms with E-state index in [1.807, 2.05) is 48.5 Å². The molecule has 3 rings (SSSR count). The first-order chi connectivity index (χ1) is 11.3. The van der Waals surface area contributed by atoms with Crippen molar-refractivity contribution in [2.24, 2.45) is 0 Å². The quantitative estimate of drug-likeness (QED) is 0.778. The van der Waals surface area contributed by atoms with Crippen LogP contribution in [0.3, 0.4) is 0 Å². The summed E-state index contributed by atoms with van der Waals surface area (Å²) in [7, 11) is 1.64. The summed E-state index contributed by atoms with van der Waals surface area (Å²) in [6, 6.07) is 15.4. The Hall–Kier alpha value is -2.24. The van der Waals surface area contributed by atoms with Crippen molar-refractivity contribution in [2.75, 3.05) is 25.5 Å². The van der Waals surface area contributed by atoms with Gasteiger partial charge in [-0.1, -0.05) is 12.1 Å². The number of nitrogens with one attached hydrogen (secondary N) is 3. The molecule has 1 saturated heterocycles. The fourth-order valence-electron chi connectivity index (χ4n) is 2.66. The minimum absolute atomic E-state index is 0. The molecule has 0 aromatic heterocycles. The van der Waals surface area contributed by atoms with Gasteiger partial charge in [-0.15, -0.1) is 12.4 Å². The second-order valence-electron chi connectivity index (χ2n) is 5.56. The van der Waals surface area contributed by atoms with Gasteiger partial charge in [-0.3, -0.25) is 4.79 Å². The van der Waals surface area contributed by atoms with Crippen LogP contribution in [-0.2, 0) is 0 Å². The minimum atomic E-state index is -0.0460. The summed E-state index contributed by atoms with van der Waals surface area (Å²) >= 11 is 0. The normalized spacial score (nSPS) is 16.1. The van der Waals surface area contributed by atoms with Crippen LogP contribution in [0.25, 0.3) is 0 Å². The van der Waals surface area contributed by atoms with E-state index in [4.69, 9.17) is 4.74 Å². The van der Waals surface area contributed by atoms with Crippen molar-refractivity contribution in [1.29, 1.82) is 0 Å². The van der Waals surface area contributed by atoms with Crippen LogP contribution < -0.4 is 20.7 Å². The average molecular weight is 348 g/mol. The second kappa shape index (κ2) is 8.57. The zero-order chi connectivity index (χ0) is 16.1. The highest BCUT2D eigenvalue weighted by Crippen LogP contribution is 2.23. The van der Waals surface area contributed by atoms with Gasteiger partial charge in [0.05, 0.1) is 18.4 Å². The van der Waals surface area contributed by atoms with Crippen LogP contribution in [0.5, 0.6) is 5.75 Å². The number of hydrogen-bond donors (Lipinski definition) is 3. The molecule has 1 atom stereocenters. The molecule has 1 fully saturated rings. The van der Waals surface area contributed by atoms with Gasteiger partial charge in [0.15, 0.2) is 0 Å². The number of amides is 1. The maximum atomic E-state index is 12.5. The summed E-state index contributed by atoms with van der Waals surface area (Å²) < 4.78 is 5.16. The lowest BCUT2D eigenvalue weighted by Gasteiger charge is -2.15. The monoisotopic (exact) mass is 347 g/mol. The largest absolute Gasteiger partial charge is 0.497 e. The van der Waals surface area contributed by atoms with Crippen molar-refractivity contribution in [2.45, 2.75) is 12.5 Å². The number of rotatable bonds is 5. The van der Waals surface area contributed by atoms with E-state index < -0.39 is 0 Å². The molecule has 0 saturated carbocycles. The molecule has 2 aromatic rings. The summed E-state index contributed by atoms with van der Waals surface area (Å²) in [4.78, 5) is 12.5. The lowest BCUT2D eigenvalue weighted by molar-refractivity contribution is 0.0941. The molecule has 128 valence electrons. The van der Waals surface area contributed by atoms with Gasteiger partial charge >= 0.3 is 0 Å². The van der Waals surface area contributed by atoms with Crippen molar-refractivity contribution < 1.29 is 9.53 Å². The van der Waals surface area contributed by atoms with Gasteiger partial charge in [-0.05, 0) is 49.4 Å². The Balaban J connectivity index is 0.00000208. The van der Waals surface area contributed by atoms with Gasteiger partial charge in [-0.2, -0.15) is 0 Å². The SMILES string of the molecule is COc1ccc(Nc2ccccc2C(=O)NC2CCNC2)cc1.Cl. The molecule has 0 radical (unpaired) electrons. The van der Waals surface area contributed by atoms with Gasteiger partial charge in [0.2, 0.25) is 0 Å². The smallest absolute Gasteiger partial charge is 0.253 e. The van der Waals surface area contributed by atoms with E-state index in [0.29, 0.717) is 5.56 Å². The molecule has 1 aliphatic rings. The van der Waals surface area contributed by atoms with E-state index in [0.717, 1.165) is 36.6 Å². The lowest BCUT2D eigenvalue weighted by Crippen LogP contribution is -2.36. The Labute approximate surface area is 148 Å². The second-order valence-corrected chi connectivity index (χ2v) is 5.56. The molecule has 24 heavy (non-hydrogen) atoms. The van der Waals surface area contributed by atoms with E-state index in [1.165, 1.54) is 0 Å². The Bertz CT molecular complexity index is 670. The minimum Gasteiger partial charge on any atom is -0.497 e. The maximum absolute atomic E-state index is 12.5. The van der Waals surface area contributed by atoms with Crippen LogP contribution in [-0.4, -0.2) is 32.1 Å². The number of carbonyl (C=O) groups is 1. The fraction of sp³-hybridized carbons (Fsp3) is 0.278. The first-order valence-electron chi connectivity index (χ1n) is 7.78. The molecule has 3 N–H and O–H groups in total. The number of methoxy groups -OCH3 is 1. The van der Waals surface area contributed by atoms with Crippen molar-refractivity contribution in [3.63, 3.8) is 0 Å². The van der Waals surface area contributed by atoms with E-state index in [1.54, 1.807) is 7.11 Å². The number of hydrogen-bond acceptors (Lipinski definition) is 4. The van der Waals surface area contributed by atoms with Gasteiger partial charge in [0.25, 0.3) is 5.91 Å². The highest BCUT2D eigenvalue weighted by atomic mass is 35.5. The molecular formula is C18H22ClN3O2. The summed E-state index contributed by atoms with van der Waals surface area (Å²) in [5, 5.41) is 9.63. The summed E-state index contributed by atoms with van der Waals surface area (Å²) in [6.45, 7) is 1.79. The van der Waals surface area contributed by atoms with E-state index in [-0.39, 0.29) is 24.4 Å². The zero-order valence-electron chi connectivity index (χ0n) is 13.5. The third-order valence-corrected chi connectivity index (χ3v) is 3.94. The third kappa shape index (κ3) is 4.40.